The Morgan fingerprint density at radius 2 is 1.74 bits per heavy atom. The van der Waals surface area contributed by atoms with E-state index in [9.17, 15) is 0 Å². The Bertz CT molecular complexity index is 426. The number of ether oxygens (including phenoxy) is 3. The van der Waals surface area contributed by atoms with E-state index in [2.05, 4.69) is 5.43 Å². The summed E-state index contributed by atoms with van der Waals surface area (Å²) in [6.45, 7) is 0.524. The van der Waals surface area contributed by atoms with Gasteiger partial charge in [-0.15, -0.1) is 0 Å². The first-order valence-corrected chi connectivity index (χ1v) is 5.62. The van der Waals surface area contributed by atoms with E-state index in [1.54, 1.807) is 33.4 Å². The average Bonchev–Trinajstić information content (AvgIpc) is 2.36. The van der Waals surface area contributed by atoms with E-state index in [1.807, 2.05) is 12.1 Å². The van der Waals surface area contributed by atoms with Crippen molar-refractivity contribution in [2.75, 3.05) is 28.4 Å². The summed E-state index contributed by atoms with van der Waals surface area (Å²) in [5, 5.41) is 8.85. The van der Waals surface area contributed by atoms with Gasteiger partial charge in [-0.1, -0.05) is 0 Å². The average molecular weight is 268 g/mol. The van der Waals surface area contributed by atoms with Gasteiger partial charge < -0.3 is 19.9 Å². The normalized spacial score (nSPS) is 10.2. The van der Waals surface area contributed by atoms with Crippen LogP contribution in [0.1, 0.15) is 5.56 Å². The first kappa shape index (κ1) is 14.9. The quantitative estimate of drug-likeness (QED) is 0.396. The Morgan fingerprint density at radius 1 is 1.21 bits per heavy atom. The van der Waals surface area contributed by atoms with Crippen LogP contribution in [0.5, 0.6) is 17.2 Å². The molecular formula is C12H20N4O3. The monoisotopic (exact) mass is 268 g/mol. The first-order chi connectivity index (χ1) is 9.01. The smallest absolute Gasteiger partial charge is 0.203 e. The van der Waals surface area contributed by atoms with Crippen LogP contribution in [0.15, 0.2) is 12.1 Å². The highest BCUT2D eigenvalue weighted by Crippen LogP contribution is 2.38. The van der Waals surface area contributed by atoms with Gasteiger partial charge >= 0.3 is 0 Å². The van der Waals surface area contributed by atoms with Gasteiger partial charge in [0, 0.05) is 13.6 Å². The van der Waals surface area contributed by atoms with Crippen molar-refractivity contribution in [2.45, 2.75) is 6.54 Å². The second-order valence-electron chi connectivity index (χ2n) is 3.92. The second kappa shape index (κ2) is 6.69. The van der Waals surface area contributed by atoms with E-state index in [1.165, 1.54) is 0 Å². The summed E-state index contributed by atoms with van der Waals surface area (Å²) in [7, 11) is 6.48. The highest BCUT2D eigenvalue weighted by molar-refractivity contribution is 5.73. The first-order valence-electron chi connectivity index (χ1n) is 5.62. The van der Waals surface area contributed by atoms with E-state index >= 15 is 0 Å². The molecule has 4 N–H and O–H groups in total. The van der Waals surface area contributed by atoms with Gasteiger partial charge in [-0.3, -0.25) is 10.8 Å². The standard InChI is InChI=1S/C12H20N4O3/c1-16(15-12(13)14)7-8-5-9(17-2)11(19-4)10(6-8)18-3/h5-6H,7H2,1-4H3,(H4,13,14,15). The minimum absolute atomic E-state index is 0.116. The summed E-state index contributed by atoms with van der Waals surface area (Å²) in [6.07, 6.45) is 0. The lowest BCUT2D eigenvalue weighted by atomic mass is 10.1. The van der Waals surface area contributed by atoms with Crippen molar-refractivity contribution >= 4 is 5.96 Å². The molecule has 0 heterocycles. The third-order valence-corrected chi connectivity index (χ3v) is 2.46. The zero-order chi connectivity index (χ0) is 14.4. The number of methoxy groups -OCH3 is 3. The predicted octanol–water partition coefficient (Wildman–Crippen LogP) is 0.542. The lowest BCUT2D eigenvalue weighted by molar-refractivity contribution is 0.279. The van der Waals surface area contributed by atoms with Gasteiger partial charge in [0.1, 0.15) is 0 Å². The summed E-state index contributed by atoms with van der Waals surface area (Å²) >= 11 is 0. The molecule has 0 aromatic heterocycles. The molecule has 1 rings (SSSR count). The molecule has 0 bridgehead atoms. The third kappa shape index (κ3) is 3.92. The summed E-state index contributed by atoms with van der Waals surface area (Å²) in [5.41, 5.74) is 8.88. The van der Waals surface area contributed by atoms with Gasteiger partial charge in [0.15, 0.2) is 11.5 Å². The zero-order valence-electron chi connectivity index (χ0n) is 11.6. The Labute approximate surface area is 112 Å². The highest BCUT2D eigenvalue weighted by atomic mass is 16.5. The van der Waals surface area contributed by atoms with E-state index < -0.39 is 0 Å². The van der Waals surface area contributed by atoms with E-state index in [-0.39, 0.29) is 5.96 Å². The molecule has 1 aromatic rings. The molecule has 7 nitrogen and oxygen atoms in total. The molecule has 0 saturated heterocycles. The number of hydrogen-bond donors (Lipinski definition) is 3. The van der Waals surface area contributed by atoms with Crippen LogP contribution in [0.3, 0.4) is 0 Å². The molecule has 106 valence electrons. The molecule has 0 fully saturated rings. The molecule has 0 unspecified atom stereocenters. The fourth-order valence-electron chi connectivity index (χ4n) is 1.75. The van der Waals surface area contributed by atoms with Gasteiger partial charge in [0.2, 0.25) is 11.7 Å². The number of nitrogens with two attached hydrogens (primary N) is 1. The van der Waals surface area contributed by atoms with Crippen molar-refractivity contribution in [1.82, 2.24) is 10.4 Å². The summed E-state index contributed by atoms with van der Waals surface area (Å²) in [6, 6.07) is 3.69. The van der Waals surface area contributed by atoms with Crippen LogP contribution in [0.25, 0.3) is 0 Å². The number of rotatable bonds is 6. The number of guanidine groups is 1. The molecule has 0 spiro atoms. The van der Waals surface area contributed by atoms with Crippen molar-refractivity contribution in [1.29, 1.82) is 5.41 Å². The molecule has 1 aromatic carbocycles. The fourth-order valence-corrected chi connectivity index (χ4v) is 1.75. The number of nitrogens with zero attached hydrogens (tertiary/aromatic N) is 1. The maximum absolute atomic E-state index is 7.17. The zero-order valence-corrected chi connectivity index (χ0v) is 11.6. The molecule has 0 atom stereocenters. The number of benzene rings is 1. The lowest BCUT2D eigenvalue weighted by Gasteiger charge is -2.19. The van der Waals surface area contributed by atoms with Gasteiger partial charge in [-0.25, -0.2) is 5.01 Å². The molecule has 0 aliphatic rings. The van der Waals surface area contributed by atoms with Crippen LogP contribution in [0.2, 0.25) is 0 Å². The fraction of sp³-hybridized carbons (Fsp3) is 0.417. The van der Waals surface area contributed by atoms with Gasteiger partial charge in [-0.2, -0.15) is 0 Å². The van der Waals surface area contributed by atoms with Crippen molar-refractivity contribution in [3.63, 3.8) is 0 Å². The van der Waals surface area contributed by atoms with Crippen molar-refractivity contribution < 1.29 is 14.2 Å². The molecule has 0 radical (unpaired) electrons. The summed E-state index contributed by atoms with van der Waals surface area (Å²) in [4.78, 5) is 0. The van der Waals surface area contributed by atoms with E-state index in [4.69, 9.17) is 25.4 Å². The Hall–Kier alpha value is -2.15. The Morgan fingerprint density at radius 3 is 2.11 bits per heavy atom. The highest BCUT2D eigenvalue weighted by Gasteiger charge is 2.14. The maximum Gasteiger partial charge on any atom is 0.203 e. The minimum atomic E-state index is -0.116. The van der Waals surface area contributed by atoms with Gasteiger partial charge in [-0.05, 0) is 17.7 Å². The van der Waals surface area contributed by atoms with Crippen LogP contribution in [-0.2, 0) is 6.54 Å². The SMILES string of the molecule is COc1cc(CN(C)NC(=N)N)cc(OC)c1OC. The molecule has 0 aliphatic carbocycles. The molecule has 0 amide bonds. The molecule has 0 saturated carbocycles. The van der Waals surface area contributed by atoms with Crippen LogP contribution in [0.4, 0.5) is 0 Å². The predicted molar refractivity (Wildman–Crippen MR) is 72.6 cm³/mol. The second-order valence-corrected chi connectivity index (χ2v) is 3.92. The molecule has 19 heavy (non-hydrogen) atoms. The number of hydrogen-bond acceptors (Lipinski definition) is 5. The number of nitrogens with one attached hydrogen (secondary N) is 2. The Kier molecular flexibility index (Phi) is 5.25. The van der Waals surface area contributed by atoms with Crippen LogP contribution < -0.4 is 25.4 Å². The van der Waals surface area contributed by atoms with Gasteiger partial charge in [0.05, 0.1) is 21.3 Å². The van der Waals surface area contributed by atoms with Crippen molar-refractivity contribution in [3.8, 4) is 17.2 Å². The topological polar surface area (TPSA) is 92.8 Å². The van der Waals surface area contributed by atoms with Crippen LogP contribution >= 0.6 is 0 Å². The maximum atomic E-state index is 7.17. The van der Waals surface area contributed by atoms with Gasteiger partial charge in [0.25, 0.3) is 0 Å². The summed E-state index contributed by atoms with van der Waals surface area (Å²) < 4.78 is 15.8. The Balaban J connectivity index is 2.99. The van der Waals surface area contributed by atoms with Crippen LogP contribution in [0, 0.1) is 5.41 Å². The van der Waals surface area contributed by atoms with Crippen molar-refractivity contribution in [3.05, 3.63) is 17.7 Å². The van der Waals surface area contributed by atoms with Crippen LogP contribution in [-0.4, -0.2) is 39.3 Å². The van der Waals surface area contributed by atoms with E-state index in [0.717, 1.165) is 5.56 Å². The minimum Gasteiger partial charge on any atom is -0.493 e. The van der Waals surface area contributed by atoms with E-state index in [0.29, 0.717) is 23.8 Å². The molecule has 0 aliphatic heterocycles. The summed E-state index contributed by atoms with van der Waals surface area (Å²) in [5.74, 6) is 1.62. The lowest BCUT2D eigenvalue weighted by Crippen LogP contribution is -2.42. The largest absolute Gasteiger partial charge is 0.493 e. The van der Waals surface area contributed by atoms with Crippen molar-refractivity contribution in [2.24, 2.45) is 5.73 Å². The number of hydrazine groups is 1. The third-order valence-electron chi connectivity index (χ3n) is 2.46. The molecule has 7 heteroatoms. The molecular weight excluding hydrogens is 248 g/mol.